The summed E-state index contributed by atoms with van der Waals surface area (Å²) in [6, 6.07) is 14.9. The monoisotopic (exact) mass is 798 g/mol. The molecule has 2 saturated heterocycles. The van der Waals surface area contributed by atoms with Gasteiger partial charge in [-0.05, 0) is 52.7 Å². The van der Waals surface area contributed by atoms with Crippen molar-refractivity contribution in [3.05, 3.63) is 71.8 Å². The summed E-state index contributed by atoms with van der Waals surface area (Å²) in [4.78, 5) is 80.8. The Balaban J connectivity index is 1.32. The fourth-order valence-electron chi connectivity index (χ4n) is 6.48. The van der Waals surface area contributed by atoms with E-state index in [2.05, 4.69) is 26.6 Å². The van der Waals surface area contributed by atoms with Crippen LogP contribution in [0, 0.1) is 0 Å². The Labute approximate surface area is 331 Å². The summed E-state index contributed by atoms with van der Waals surface area (Å²) in [5, 5.41) is 13.6. The van der Waals surface area contributed by atoms with Crippen LogP contribution in [0.2, 0.25) is 0 Å². The predicted molar refractivity (Wildman–Crippen MR) is 213 cm³/mol. The second-order valence-electron chi connectivity index (χ2n) is 14.4. The van der Waals surface area contributed by atoms with E-state index in [9.17, 15) is 28.8 Å². The first-order chi connectivity index (χ1) is 26.1. The first kappa shape index (κ1) is 43.6. The van der Waals surface area contributed by atoms with Crippen LogP contribution in [0.3, 0.4) is 0 Å². The molecule has 2 heterocycles. The van der Waals surface area contributed by atoms with Crippen LogP contribution in [-0.2, 0) is 51.1 Å². The molecule has 0 spiro atoms. The zero-order chi connectivity index (χ0) is 40.3. The van der Waals surface area contributed by atoms with Crippen molar-refractivity contribution in [3.63, 3.8) is 0 Å². The molecule has 300 valence electrons. The number of carbonyl (C=O) groups excluding carboxylic acids is 6. The van der Waals surface area contributed by atoms with Crippen LogP contribution >= 0.6 is 23.5 Å². The van der Waals surface area contributed by atoms with E-state index in [4.69, 9.17) is 9.47 Å². The lowest BCUT2D eigenvalue weighted by molar-refractivity contribution is -0.155. The van der Waals surface area contributed by atoms with Crippen molar-refractivity contribution < 1.29 is 38.2 Å². The van der Waals surface area contributed by atoms with Crippen LogP contribution in [0.15, 0.2) is 60.7 Å². The lowest BCUT2D eigenvalue weighted by atomic mass is 10.0. The van der Waals surface area contributed by atoms with Crippen molar-refractivity contribution in [2.45, 2.75) is 98.8 Å². The molecule has 2 fully saturated rings. The minimum absolute atomic E-state index is 0.0921. The molecule has 0 aromatic heterocycles. The Morgan fingerprint density at radius 1 is 0.709 bits per heavy atom. The molecule has 4 rings (SSSR count). The van der Waals surface area contributed by atoms with Gasteiger partial charge in [0.15, 0.2) is 0 Å². The summed E-state index contributed by atoms with van der Waals surface area (Å²) in [5.41, 5.74) is 1.62. The number of ether oxygens (including phenoxy) is 2. The number of nitrogens with zero attached hydrogens (tertiary/aromatic N) is 1. The molecule has 5 N–H and O–H groups in total. The van der Waals surface area contributed by atoms with Crippen molar-refractivity contribution in [3.8, 4) is 0 Å². The molecule has 16 heteroatoms. The maximum absolute atomic E-state index is 13.4. The number of thioether (sulfide) groups is 2. The van der Waals surface area contributed by atoms with E-state index >= 15 is 0 Å². The van der Waals surface area contributed by atoms with Gasteiger partial charge in [0, 0.05) is 29.6 Å². The predicted octanol–water partition coefficient (Wildman–Crippen LogP) is 1.76. The summed E-state index contributed by atoms with van der Waals surface area (Å²) in [7, 11) is 1.59. The van der Waals surface area contributed by atoms with Gasteiger partial charge in [-0.2, -0.15) is 0 Å². The first-order valence-electron chi connectivity index (χ1n) is 18.5. The third kappa shape index (κ3) is 11.7. The van der Waals surface area contributed by atoms with E-state index in [1.165, 1.54) is 28.4 Å². The largest absolute Gasteiger partial charge is 0.461 e. The molecule has 2 aromatic rings. The Bertz CT molecular complexity index is 1660. The van der Waals surface area contributed by atoms with Gasteiger partial charge in [0.1, 0.15) is 37.4 Å². The zero-order valence-electron chi connectivity index (χ0n) is 32.5. The SMILES string of the molecule is CCNC(=O)[C@@H](NC(=O)Cc1ccccc1)[C@@H]1N[C@@H](C(=O)OCCOC(=O)[C@@H]2N[C@@H]([C@@H](C(=O)NCC)N(C)C(=O)Cc3ccccc3)SC2(C)C)C(C)(C)S1. The minimum atomic E-state index is -0.961. The fourth-order valence-corrected chi connectivity index (χ4v) is 9.56. The first-order valence-corrected chi connectivity index (χ1v) is 20.2. The normalized spacial score (nSPS) is 22.1. The summed E-state index contributed by atoms with van der Waals surface area (Å²) in [6.45, 7) is 11.3. The molecule has 4 amide bonds. The molecule has 2 aromatic carbocycles. The van der Waals surface area contributed by atoms with Crippen LogP contribution in [0.1, 0.15) is 52.7 Å². The van der Waals surface area contributed by atoms with Gasteiger partial charge in [-0.3, -0.25) is 39.4 Å². The van der Waals surface area contributed by atoms with Crippen LogP contribution in [0.4, 0.5) is 0 Å². The van der Waals surface area contributed by atoms with Crippen LogP contribution in [0.5, 0.6) is 0 Å². The molecule has 55 heavy (non-hydrogen) atoms. The molecule has 0 unspecified atom stereocenters. The van der Waals surface area contributed by atoms with Gasteiger partial charge in [0.25, 0.3) is 0 Å². The number of carbonyl (C=O) groups is 6. The average molecular weight is 799 g/mol. The number of esters is 2. The van der Waals surface area contributed by atoms with Crippen LogP contribution < -0.4 is 26.6 Å². The second kappa shape index (κ2) is 19.6. The third-order valence-corrected chi connectivity index (χ3v) is 12.3. The standard InChI is InChI=1S/C39H54N6O8S2/c1-8-40-32(48)28(42-26(46)22-24-16-12-10-13-17-24)34-43-30(38(3,4)54-34)36(50)52-20-21-53-37(51)31-39(5,6)55-35(44-31)29(33(49)41-9-2)45(7)27(47)23-25-18-14-11-15-19-25/h10-19,28-31,34-35,43-44H,8-9,20-23H2,1-7H3,(H,40,48)(H,41,49)(H,42,46)/t28-,29-,30+,31+,34-,35-/m1/s1. The number of nitrogens with one attached hydrogen (secondary N) is 5. The van der Waals surface area contributed by atoms with Crippen LogP contribution in [0.25, 0.3) is 0 Å². The molecule has 2 aliphatic rings. The van der Waals surface area contributed by atoms with Gasteiger partial charge in [-0.15, -0.1) is 23.5 Å². The van der Waals surface area contributed by atoms with Gasteiger partial charge in [0.05, 0.1) is 23.6 Å². The third-order valence-electron chi connectivity index (χ3n) is 9.33. The van der Waals surface area contributed by atoms with E-state index in [0.717, 1.165) is 11.1 Å². The molecule has 0 radical (unpaired) electrons. The maximum Gasteiger partial charge on any atom is 0.324 e. The molecule has 0 bridgehead atoms. The zero-order valence-corrected chi connectivity index (χ0v) is 34.1. The lowest BCUT2D eigenvalue weighted by Crippen LogP contribution is -2.57. The average Bonchev–Trinajstić information content (AvgIpc) is 3.63. The smallest absolute Gasteiger partial charge is 0.324 e. The molecule has 14 nitrogen and oxygen atoms in total. The topological polar surface area (TPSA) is 184 Å². The summed E-state index contributed by atoms with van der Waals surface area (Å²) in [5.74, 6) is -2.48. The maximum atomic E-state index is 13.4. The quantitative estimate of drug-likeness (QED) is 0.116. The Hall–Kier alpha value is -4.12. The summed E-state index contributed by atoms with van der Waals surface area (Å²) in [6.07, 6.45) is 0.208. The Morgan fingerprint density at radius 3 is 1.67 bits per heavy atom. The number of hydrogen-bond donors (Lipinski definition) is 5. The molecule has 6 atom stereocenters. The van der Waals surface area contributed by atoms with Gasteiger partial charge >= 0.3 is 11.9 Å². The highest BCUT2D eigenvalue weighted by Gasteiger charge is 2.52. The van der Waals surface area contributed by atoms with E-state index < -0.39 is 56.3 Å². The second-order valence-corrected chi connectivity index (χ2v) is 18.0. The van der Waals surface area contributed by atoms with E-state index in [1.807, 2.05) is 88.4 Å². The highest BCUT2D eigenvalue weighted by Crippen LogP contribution is 2.41. The summed E-state index contributed by atoms with van der Waals surface area (Å²) < 4.78 is 9.68. The van der Waals surface area contributed by atoms with E-state index in [0.29, 0.717) is 13.1 Å². The molecule has 2 aliphatic heterocycles. The Kier molecular flexibility index (Phi) is 15.6. The van der Waals surface area contributed by atoms with Gasteiger partial charge in [0.2, 0.25) is 23.6 Å². The fraction of sp³-hybridized carbons (Fsp3) is 0.538. The molecular formula is C39H54N6O8S2. The van der Waals surface area contributed by atoms with Crippen molar-refractivity contribution in [2.24, 2.45) is 0 Å². The van der Waals surface area contributed by atoms with Gasteiger partial charge in [-0.25, -0.2) is 0 Å². The highest BCUT2D eigenvalue weighted by molar-refractivity contribution is 8.01. The van der Waals surface area contributed by atoms with Crippen molar-refractivity contribution >= 4 is 59.1 Å². The van der Waals surface area contributed by atoms with Crippen LogP contribution in [-0.4, -0.2) is 118 Å². The van der Waals surface area contributed by atoms with Crippen molar-refractivity contribution in [1.29, 1.82) is 0 Å². The molecule has 0 aliphatic carbocycles. The number of benzene rings is 2. The molecule has 0 saturated carbocycles. The van der Waals surface area contributed by atoms with Crippen molar-refractivity contribution in [2.75, 3.05) is 33.4 Å². The molecular weight excluding hydrogens is 745 g/mol. The lowest BCUT2D eigenvalue weighted by Gasteiger charge is -2.32. The Morgan fingerprint density at radius 2 is 1.16 bits per heavy atom. The van der Waals surface area contributed by atoms with E-state index in [1.54, 1.807) is 20.9 Å². The van der Waals surface area contributed by atoms with Gasteiger partial charge in [-0.1, -0.05) is 60.7 Å². The number of amides is 4. The minimum Gasteiger partial charge on any atom is -0.461 e. The van der Waals surface area contributed by atoms with E-state index in [-0.39, 0.29) is 49.7 Å². The van der Waals surface area contributed by atoms with Crippen molar-refractivity contribution in [1.82, 2.24) is 31.5 Å². The number of hydrogen-bond acceptors (Lipinski definition) is 12. The number of likely N-dealkylation sites (N-methyl/N-ethyl adjacent to an activating group) is 3. The number of rotatable bonds is 17. The van der Waals surface area contributed by atoms with Gasteiger partial charge < -0.3 is 30.3 Å². The highest BCUT2D eigenvalue weighted by atomic mass is 32.2. The summed E-state index contributed by atoms with van der Waals surface area (Å²) >= 11 is 2.72.